The summed E-state index contributed by atoms with van der Waals surface area (Å²) in [6.45, 7) is 0. The fourth-order valence-electron chi connectivity index (χ4n) is 2.25. The summed E-state index contributed by atoms with van der Waals surface area (Å²) in [4.78, 5) is 24.4. The Hall–Kier alpha value is -2.15. The number of nitrogens with zero attached hydrogens (tertiary/aromatic N) is 1. The van der Waals surface area contributed by atoms with Gasteiger partial charge in [-0.25, -0.2) is 8.42 Å². The lowest BCUT2D eigenvalue weighted by Gasteiger charge is -2.25. The van der Waals surface area contributed by atoms with Gasteiger partial charge in [0.1, 0.15) is 12.0 Å². The number of hydrogen-bond donors (Lipinski definition) is 0. The fraction of sp³-hybridized carbons (Fsp3) is 0.286. The lowest BCUT2D eigenvalue weighted by molar-refractivity contribution is -0.144. The SMILES string of the molecule is COC(=O)[C@@H]1C=CN(S(C)(=O)=O)[C@H]1C(=O)c1ccccc1. The highest BCUT2D eigenvalue weighted by molar-refractivity contribution is 7.88. The first-order valence-corrected chi connectivity index (χ1v) is 8.05. The molecule has 6 nitrogen and oxygen atoms in total. The number of methoxy groups -OCH3 is 1. The van der Waals surface area contributed by atoms with Crippen LogP contribution in [0.3, 0.4) is 0 Å². The second-order valence-corrected chi connectivity index (χ2v) is 6.55. The summed E-state index contributed by atoms with van der Waals surface area (Å²) < 4.78 is 29.2. The Morgan fingerprint density at radius 2 is 1.81 bits per heavy atom. The molecule has 0 spiro atoms. The number of ketones is 1. The van der Waals surface area contributed by atoms with Gasteiger partial charge in [-0.05, 0) is 0 Å². The Balaban J connectivity index is 2.43. The van der Waals surface area contributed by atoms with Crippen LogP contribution in [0.2, 0.25) is 0 Å². The molecule has 0 unspecified atom stereocenters. The number of sulfonamides is 1. The van der Waals surface area contributed by atoms with Crippen LogP contribution in [0.1, 0.15) is 10.4 Å². The van der Waals surface area contributed by atoms with Crippen LogP contribution in [0.25, 0.3) is 0 Å². The van der Waals surface area contributed by atoms with Crippen LogP contribution < -0.4 is 0 Å². The molecular formula is C14H15NO5S. The van der Waals surface area contributed by atoms with E-state index in [9.17, 15) is 18.0 Å². The fourth-order valence-corrected chi connectivity index (χ4v) is 3.18. The summed E-state index contributed by atoms with van der Waals surface area (Å²) in [5.74, 6) is -2.04. The average Bonchev–Trinajstić information content (AvgIpc) is 2.91. The monoisotopic (exact) mass is 309 g/mol. The molecule has 0 radical (unpaired) electrons. The maximum absolute atomic E-state index is 12.6. The minimum atomic E-state index is -3.66. The molecule has 112 valence electrons. The van der Waals surface area contributed by atoms with E-state index in [1.807, 2.05) is 0 Å². The molecule has 0 fully saturated rings. The van der Waals surface area contributed by atoms with Gasteiger partial charge < -0.3 is 4.74 Å². The van der Waals surface area contributed by atoms with Gasteiger partial charge in [-0.3, -0.25) is 13.9 Å². The number of rotatable bonds is 4. The van der Waals surface area contributed by atoms with Crippen LogP contribution in [0, 0.1) is 5.92 Å². The lowest BCUT2D eigenvalue weighted by atomic mass is 9.94. The minimum absolute atomic E-state index is 0.341. The molecule has 21 heavy (non-hydrogen) atoms. The van der Waals surface area contributed by atoms with Crippen LogP contribution in [0.4, 0.5) is 0 Å². The summed E-state index contributed by atoms with van der Waals surface area (Å²) in [5.41, 5.74) is 0.341. The number of carbonyl (C=O) groups is 2. The summed E-state index contributed by atoms with van der Waals surface area (Å²) in [5, 5.41) is 0. The highest BCUT2D eigenvalue weighted by Gasteiger charge is 2.43. The Kier molecular flexibility index (Phi) is 4.13. The summed E-state index contributed by atoms with van der Waals surface area (Å²) >= 11 is 0. The number of hydrogen-bond acceptors (Lipinski definition) is 5. The van der Waals surface area contributed by atoms with Gasteiger partial charge in [0.2, 0.25) is 10.0 Å². The Bertz CT molecular complexity index is 681. The molecule has 0 amide bonds. The molecule has 1 aromatic carbocycles. The smallest absolute Gasteiger partial charge is 0.315 e. The van der Waals surface area contributed by atoms with Crippen molar-refractivity contribution < 1.29 is 22.7 Å². The van der Waals surface area contributed by atoms with E-state index in [0.717, 1.165) is 10.6 Å². The van der Waals surface area contributed by atoms with E-state index >= 15 is 0 Å². The third-order valence-electron chi connectivity index (χ3n) is 3.24. The molecule has 7 heteroatoms. The van der Waals surface area contributed by atoms with Crippen molar-refractivity contribution in [1.82, 2.24) is 4.31 Å². The Morgan fingerprint density at radius 3 is 2.33 bits per heavy atom. The summed E-state index contributed by atoms with van der Waals surface area (Å²) in [7, 11) is -2.46. The number of Topliss-reactive ketones (excluding diaryl/α,β-unsaturated/α-hetero) is 1. The molecule has 0 saturated carbocycles. The second kappa shape index (κ2) is 5.69. The van der Waals surface area contributed by atoms with Crippen molar-refractivity contribution in [3.8, 4) is 0 Å². The van der Waals surface area contributed by atoms with Crippen molar-refractivity contribution in [3.05, 3.63) is 48.2 Å². The molecule has 1 aromatic rings. The molecule has 1 heterocycles. The first kappa shape index (κ1) is 15.2. The van der Waals surface area contributed by atoms with Gasteiger partial charge in [0.05, 0.1) is 13.4 Å². The van der Waals surface area contributed by atoms with Crippen molar-refractivity contribution in [3.63, 3.8) is 0 Å². The van der Waals surface area contributed by atoms with Gasteiger partial charge in [0.15, 0.2) is 5.78 Å². The quantitative estimate of drug-likeness (QED) is 0.607. The van der Waals surface area contributed by atoms with Crippen molar-refractivity contribution in [2.75, 3.05) is 13.4 Å². The molecule has 1 aliphatic rings. The average molecular weight is 309 g/mol. The molecule has 2 atom stereocenters. The zero-order chi connectivity index (χ0) is 15.6. The third-order valence-corrected chi connectivity index (χ3v) is 4.35. The van der Waals surface area contributed by atoms with Crippen LogP contribution in [-0.4, -0.2) is 43.9 Å². The highest BCUT2D eigenvalue weighted by Crippen LogP contribution is 2.28. The predicted octanol–water partition coefficient (Wildman–Crippen LogP) is 0.816. The van der Waals surface area contributed by atoms with E-state index in [1.165, 1.54) is 19.4 Å². The van der Waals surface area contributed by atoms with Crippen LogP contribution in [0.15, 0.2) is 42.6 Å². The Morgan fingerprint density at radius 1 is 1.19 bits per heavy atom. The topological polar surface area (TPSA) is 80.8 Å². The molecular weight excluding hydrogens is 294 g/mol. The molecule has 1 aliphatic heterocycles. The first-order valence-electron chi connectivity index (χ1n) is 6.20. The maximum Gasteiger partial charge on any atom is 0.315 e. The molecule has 0 bridgehead atoms. The summed E-state index contributed by atoms with van der Waals surface area (Å²) in [6, 6.07) is 7.11. The standard InChI is InChI=1S/C14H15NO5S/c1-20-14(17)11-8-9-15(21(2,18)19)12(11)13(16)10-6-4-3-5-7-10/h3-9,11-12H,1-2H3/t11-,12-/m1/s1. The van der Waals surface area contributed by atoms with Crippen molar-refractivity contribution in [1.29, 1.82) is 0 Å². The van der Waals surface area contributed by atoms with E-state index in [1.54, 1.807) is 30.3 Å². The van der Waals surface area contributed by atoms with Gasteiger partial charge >= 0.3 is 5.97 Å². The minimum Gasteiger partial charge on any atom is -0.468 e. The molecule has 2 rings (SSSR count). The van der Waals surface area contributed by atoms with Crippen molar-refractivity contribution in [2.24, 2.45) is 5.92 Å². The van der Waals surface area contributed by atoms with Crippen molar-refractivity contribution >= 4 is 21.8 Å². The highest BCUT2D eigenvalue weighted by atomic mass is 32.2. The van der Waals surface area contributed by atoms with Gasteiger partial charge in [-0.2, -0.15) is 0 Å². The van der Waals surface area contributed by atoms with E-state index in [-0.39, 0.29) is 0 Å². The van der Waals surface area contributed by atoms with E-state index < -0.39 is 33.7 Å². The van der Waals surface area contributed by atoms with Crippen LogP contribution in [0.5, 0.6) is 0 Å². The van der Waals surface area contributed by atoms with Gasteiger partial charge in [-0.1, -0.05) is 36.4 Å². The van der Waals surface area contributed by atoms with Gasteiger partial charge in [0.25, 0.3) is 0 Å². The first-order chi connectivity index (χ1) is 9.86. The number of ether oxygens (including phenoxy) is 1. The molecule has 0 aliphatic carbocycles. The largest absolute Gasteiger partial charge is 0.468 e. The van der Waals surface area contributed by atoms with Crippen LogP contribution >= 0.6 is 0 Å². The van der Waals surface area contributed by atoms with Crippen molar-refractivity contribution in [2.45, 2.75) is 6.04 Å². The lowest BCUT2D eigenvalue weighted by Crippen LogP contribution is -2.44. The van der Waals surface area contributed by atoms with Crippen LogP contribution in [-0.2, 0) is 19.6 Å². The third kappa shape index (κ3) is 2.97. The molecule has 0 N–H and O–H groups in total. The molecule has 0 saturated heterocycles. The van der Waals surface area contributed by atoms with E-state index in [4.69, 9.17) is 0 Å². The van der Waals surface area contributed by atoms with E-state index in [2.05, 4.69) is 4.74 Å². The number of esters is 1. The number of benzene rings is 1. The summed E-state index contributed by atoms with van der Waals surface area (Å²) in [6.07, 6.45) is 3.60. The second-order valence-electron chi connectivity index (χ2n) is 4.66. The zero-order valence-electron chi connectivity index (χ0n) is 11.6. The predicted molar refractivity (Wildman–Crippen MR) is 75.9 cm³/mol. The maximum atomic E-state index is 12.6. The normalized spacial score (nSPS) is 21.3. The van der Waals surface area contributed by atoms with E-state index in [0.29, 0.717) is 5.56 Å². The number of carbonyl (C=O) groups excluding carboxylic acids is 2. The van der Waals surface area contributed by atoms with Gasteiger partial charge in [0, 0.05) is 11.8 Å². The Labute approximate surface area is 123 Å². The zero-order valence-corrected chi connectivity index (χ0v) is 12.4. The van der Waals surface area contributed by atoms with Gasteiger partial charge in [-0.15, -0.1) is 0 Å². The molecule has 0 aromatic heterocycles.